The van der Waals surface area contributed by atoms with E-state index in [-0.39, 0.29) is 12.5 Å². The van der Waals surface area contributed by atoms with Crippen LogP contribution in [0.25, 0.3) is 11.1 Å². The van der Waals surface area contributed by atoms with Crippen LogP contribution in [-0.2, 0) is 28.7 Å². The molecule has 0 heterocycles. The summed E-state index contributed by atoms with van der Waals surface area (Å²) in [6, 6.07) is 14.4. The van der Waals surface area contributed by atoms with Crippen molar-refractivity contribution in [3.8, 4) is 11.1 Å². The zero-order valence-corrected chi connectivity index (χ0v) is 21.5. The van der Waals surface area contributed by atoms with Crippen molar-refractivity contribution in [3.05, 3.63) is 59.7 Å². The van der Waals surface area contributed by atoms with Gasteiger partial charge in [0.05, 0.1) is 13.0 Å². The van der Waals surface area contributed by atoms with Crippen LogP contribution < -0.4 is 21.7 Å². The molecule has 0 saturated carbocycles. The molecular weight excluding hydrogens is 492 g/mol. The van der Waals surface area contributed by atoms with Crippen LogP contribution in [0.4, 0.5) is 4.79 Å². The highest BCUT2D eigenvalue weighted by Crippen LogP contribution is 2.44. The van der Waals surface area contributed by atoms with Crippen LogP contribution >= 0.6 is 0 Å². The summed E-state index contributed by atoms with van der Waals surface area (Å²) in [5.74, 6) is -3.22. The van der Waals surface area contributed by atoms with Gasteiger partial charge in [0.15, 0.2) is 0 Å². The number of benzene rings is 2. The zero-order chi connectivity index (χ0) is 27.9. The number of primary amides is 1. The molecule has 0 radical (unpaired) electrons. The monoisotopic (exact) mass is 524 g/mol. The van der Waals surface area contributed by atoms with Gasteiger partial charge in [-0.05, 0) is 43.0 Å². The molecule has 2 aromatic rings. The zero-order valence-electron chi connectivity index (χ0n) is 21.5. The molecule has 11 heteroatoms. The van der Waals surface area contributed by atoms with E-state index >= 15 is 0 Å². The molecular formula is C27H32N4O7. The van der Waals surface area contributed by atoms with Crippen molar-refractivity contribution in [2.45, 2.75) is 44.8 Å². The third-order valence-electron chi connectivity index (χ3n) is 5.62. The molecule has 1 aliphatic carbocycles. The fraction of sp³-hybridized carbons (Fsp3) is 0.370. The summed E-state index contributed by atoms with van der Waals surface area (Å²) in [6.07, 6.45) is -1.30. The second-order valence-corrected chi connectivity index (χ2v) is 9.77. The smallest absolute Gasteiger partial charge is 0.407 e. The molecule has 11 nitrogen and oxygen atoms in total. The lowest BCUT2D eigenvalue weighted by Gasteiger charge is -2.22. The predicted octanol–water partition coefficient (Wildman–Crippen LogP) is 1.34. The van der Waals surface area contributed by atoms with Gasteiger partial charge >= 0.3 is 12.1 Å². The molecule has 0 unspecified atom stereocenters. The number of alkyl carbamates (subject to hydrolysis) is 1. The van der Waals surface area contributed by atoms with Gasteiger partial charge in [0.2, 0.25) is 17.7 Å². The van der Waals surface area contributed by atoms with Gasteiger partial charge in [0.25, 0.3) is 0 Å². The second-order valence-electron chi connectivity index (χ2n) is 9.77. The number of rotatable bonds is 10. The summed E-state index contributed by atoms with van der Waals surface area (Å²) >= 11 is 0. The van der Waals surface area contributed by atoms with E-state index in [4.69, 9.17) is 15.2 Å². The first-order chi connectivity index (χ1) is 17.9. The molecule has 1 aliphatic rings. The Bertz CT molecular complexity index is 1180. The van der Waals surface area contributed by atoms with Gasteiger partial charge in [-0.25, -0.2) is 4.79 Å². The number of nitrogens with one attached hydrogen (secondary N) is 3. The summed E-state index contributed by atoms with van der Waals surface area (Å²) in [7, 11) is 0. The van der Waals surface area contributed by atoms with Gasteiger partial charge in [0, 0.05) is 5.92 Å². The average Bonchev–Trinajstić information content (AvgIpc) is 3.17. The Hall–Kier alpha value is -4.41. The Morgan fingerprint density at radius 2 is 1.47 bits per heavy atom. The maximum absolute atomic E-state index is 12.4. The third kappa shape index (κ3) is 7.79. The molecule has 4 amide bonds. The maximum Gasteiger partial charge on any atom is 0.407 e. The van der Waals surface area contributed by atoms with Crippen LogP contribution in [0, 0.1) is 0 Å². The van der Waals surface area contributed by atoms with Crippen molar-refractivity contribution >= 4 is 29.8 Å². The van der Waals surface area contributed by atoms with Crippen molar-refractivity contribution in [3.63, 3.8) is 0 Å². The van der Waals surface area contributed by atoms with Crippen molar-refractivity contribution < 1.29 is 33.4 Å². The normalized spacial score (nSPS) is 12.9. The first-order valence-corrected chi connectivity index (χ1v) is 12.1. The Morgan fingerprint density at radius 3 is 2.03 bits per heavy atom. The molecule has 0 aromatic heterocycles. The minimum absolute atomic E-state index is 0.0677. The minimum Gasteiger partial charge on any atom is -0.460 e. The summed E-state index contributed by atoms with van der Waals surface area (Å²) in [6.45, 7) is 4.05. The standard InChI is InChI=1S/C27H32N4O7/c1-27(2,3)38-24(34)12-21(25(35)29-13-22(28)32)31-23(33)14-30-26(36)37-15-20-18-10-6-4-8-16(18)17-9-5-7-11-19(17)20/h4-11,20-21H,12-15H2,1-3H3,(H2,28,32)(H,29,35)(H,30,36)(H,31,33)/t21-/m0/s1. The summed E-state index contributed by atoms with van der Waals surface area (Å²) in [5, 5.41) is 6.95. The number of amides is 4. The first-order valence-electron chi connectivity index (χ1n) is 12.1. The van der Waals surface area contributed by atoms with Crippen LogP contribution in [0.5, 0.6) is 0 Å². The molecule has 0 spiro atoms. The molecule has 0 bridgehead atoms. The molecule has 0 aliphatic heterocycles. The van der Waals surface area contributed by atoms with E-state index in [2.05, 4.69) is 16.0 Å². The largest absolute Gasteiger partial charge is 0.460 e. The maximum atomic E-state index is 12.4. The van der Waals surface area contributed by atoms with Gasteiger partial charge in [-0.15, -0.1) is 0 Å². The number of carbonyl (C=O) groups excluding carboxylic acids is 5. The van der Waals surface area contributed by atoms with E-state index in [1.807, 2.05) is 48.5 Å². The lowest BCUT2D eigenvalue weighted by Crippen LogP contribution is -2.51. The summed E-state index contributed by atoms with van der Waals surface area (Å²) in [4.78, 5) is 60.4. The van der Waals surface area contributed by atoms with Gasteiger partial charge in [-0.1, -0.05) is 48.5 Å². The lowest BCUT2D eigenvalue weighted by atomic mass is 9.98. The van der Waals surface area contributed by atoms with E-state index in [1.165, 1.54) is 0 Å². The molecule has 5 N–H and O–H groups in total. The highest BCUT2D eigenvalue weighted by atomic mass is 16.6. The summed E-state index contributed by atoms with van der Waals surface area (Å²) in [5.41, 5.74) is 8.50. The number of carbonyl (C=O) groups is 5. The van der Waals surface area contributed by atoms with Gasteiger partial charge in [-0.3, -0.25) is 19.2 Å². The van der Waals surface area contributed by atoms with Crippen LogP contribution in [0.3, 0.4) is 0 Å². The van der Waals surface area contributed by atoms with Crippen molar-refractivity contribution in [1.82, 2.24) is 16.0 Å². The Balaban J connectivity index is 1.54. The van der Waals surface area contributed by atoms with Crippen LogP contribution in [0.1, 0.15) is 44.2 Å². The van der Waals surface area contributed by atoms with E-state index in [0.29, 0.717) is 0 Å². The highest BCUT2D eigenvalue weighted by Gasteiger charge is 2.30. The number of hydrogen-bond acceptors (Lipinski definition) is 7. The molecule has 3 rings (SSSR count). The second kappa shape index (κ2) is 12.2. The fourth-order valence-corrected chi connectivity index (χ4v) is 4.10. The molecule has 202 valence electrons. The number of ether oxygens (including phenoxy) is 2. The van der Waals surface area contributed by atoms with Crippen LogP contribution in [0.15, 0.2) is 48.5 Å². The first kappa shape index (κ1) is 28.2. The Labute approximate surface area is 220 Å². The topological polar surface area (TPSA) is 166 Å². The number of nitrogens with two attached hydrogens (primary N) is 1. The van der Waals surface area contributed by atoms with Crippen molar-refractivity contribution in [2.24, 2.45) is 5.73 Å². The Morgan fingerprint density at radius 1 is 0.895 bits per heavy atom. The average molecular weight is 525 g/mol. The number of esters is 1. The molecule has 2 aromatic carbocycles. The van der Waals surface area contributed by atoms with Crippen LogP contribution in [0.2, 0.25) is 0 Å². The van der Waals surface area contributed by atoms with E-state index in [9.17, 15) is 24.0 Å². The van der Waals surface area contributed by atoms with Crippen molar-refractivity contribution in [2.75, 3.05) is 19.7 Å². The highest BCUT2D eigenvalue weighted by molar-refractivity contribution is 5.93. The van der Waals surface area contributed by atoms with Crippen molar-refractivity contribution in [1.29, 1.82) is 0 Å². The minimum atomic E-state index is -1.35. The van der Waals surface area contributed by atoms with E-state index in [0.717, 1.165) is 22.3 Å². The molecule has 0 saturated heterocycles. The lowest BCUT2D eigenvalue weighted by molar-refractivity contribution is -0.156. The third-order valence-corrected chi connectivity index (χ3v) is 5.62. The van der Waals surface area contributed by atoms with E-state index in [1.54, 1.807) is 20.8 Å². The van der Waals surface area contributed by atoms with Crippen LogP contribution in [-0.4, -0.2) is 61.1 Å². The number of fused-ring (bicyclic) bond motifs is 3. The van der Waals surface area contributed by atoms with Gasteiger partial charge in [-0.2, -0.15) is 0 Å². The SMILES string of the molecule is CC(C)(C)OC(=O)C[C@H](NC(=O)CNC(=O)OCC1c2ccccc2-c2ccccc21)C(=O)NCC(N)=O. The summed E-state index contributed by atoms with van der Waals surface area (Å²) < 4.78 is 10.6. The molecule has 38 heavy (non-hydrogen) atoms. The van der Waals surface area contributed by atoms with E-state index < -0.39 is 60.9 Å². The number of hydrogen-bond donors (Lipinski definition) is 4. The van der Waals surface area contributed by atoms with Gasteiger partial charge in [0.1, 0.15) is 24.8 Å². The quantitative estimate of drug-likeness (QED) is 0.340. The predicted molar refractivity (Wildman–Crippen MR) is 138 cm³/mol. The fourth-order valence-electron chi connectivity index (χ4n) is 4.10. The molecule has 1 atom stereocenters. The van der Waals surface area contributed by atoms with Gasteiger partial charge < -0.3 is 31.2 Å². The Kier molecular flexibility index (Phi) is 9.06. The molecule has 0 fully saturated rings.